The fourth-order valence-corrected chi connectivity index (χ4v) is 2.02. The first kappa shape index (κ1) is 11.9. The number of halogens is 1. The Labute approximate surface area is 100.0 Å². The standard InChI is InChI=1S/C13H16FNO2/c14-10-5-7-12(8-6-10)17-9-13(16)15-11-3-1-2-4-11/h5-8,11H,1-4,9H2,(H,15,16). The summed E-state index contributed by atoms with van der Waals surface area (Å²) < 4.78 is 17.9. The van der Waals surface area contributed by atoms with Crippen LogP contribution in [-0.2, 0) is 4.79 Å². The largest absolute Gasteiger partial charge is 0.484 e. The lowest BCUT2D eigenvalue weighted by Gasteiger charge is -2.12. The highest BCUT2D eigenvalue weighted by atomic mass is 19.1. The van der Waals surface area contributed by atoms with Gasteiger partial charge in [0.1, 0.15) is 11.6 Å². The molecule has 0 atom stereocenters. The lowest BCUT2D eigenvalue weighted by Crippen LogP contribution is -2.36. The second-order valence-electron chi connectivity index (χ2n) is 4.29. The molecule has 0 saturated heterocycles. The molecule has 17 heavy (non-hydrogen) atoms. The summed E-state index contributed by atoms with van der Waals surface area (Å²) in [5.74, 6) is 0.0851. The highest BCUT2D eigenvalue weighted by molar-refractivity contribution is 5.77. The molecule has 1 amide bonds. The monoisotopic (exact) mass is 237 g/mol. The Balaban J connectivity index is 1.73. The van der Waals surface area contributed by atoms with Gasteiger partial charge in [-0.1, -0.05) is 12.8 Å². The van der Waals surface area contributed by atoms with E-state index < -0.39 is 0 Å². The van der Waals surface area contributed by atoms with E-state index in [0.29, 0.717) is 11.8 Å². The zero-order chi connectivity index (χ0) is 12.1. The van der Waals surface area contributed by atoms with Crippen LogP contribution in [0.5, 0.6) is 5.75 Å². The molecule has 1 aromatic carbocycles. The lowest BCUT2D eigenvalue weighted by molar-refractivity contribution is -0.123. The van der Waals surface area contributed by atoms with Crippen LogP contribution >= 0.6 is 0 Å². The first-order chi connectivity index (χ1) is 8.24. The second-order valence-corrected chi connectivity index (χ2v) is 4.29. The van der Waals surface area contributed by atoms with Crippen molar-refractivity contribution in [1.29, 1.82) is 0 Å². The van der Waals surface area contributed by atoms with Crippen LogP contribution < -0.4 is 10.1 Å². The minimum absolute atomic E-state index is 0.0118. The van der Waals surface area contributed by atoms with Crippen molar-refractivity contribution in [2.45, 2.75) is 31.7 Å². The number of nitrogens with one attached hydrogen (secondary N) is 1. The van der Waals surface area contributed by atoms with Crippen molar-refractivity contribution < 1.29 is 13.9 Å². The normalized spacial score (nSPS) is 15.8. The van der Waals surface area contributed by atoms with Crippen LogP contribution in [0, 0.1) is 5.82 Å². The quantitative estimate of drug-likeness (QED) is 0.872. The van der Waals surface area contributed by atoms with Crippen LogP contribution in [0.25, 0.3) is 0 Å². The van der Waals surface area contributed by atoms with E-state index in [1.54, 1.807) is 0 Å². The first-order valence-corrected chi connectivity index (χ1v) is 5.92. The average Bonchev–Trinajstić information content (AvgIpc) is 2.81. The van der Waals surface area contributed by atoms with Crippen LogP contribution in [0.1, 0.15) is 25.7 Å². The third-order valence-corrected chi connectivity index (χ3v) is 2.90. The number of amides is 1. The van der Waals surface area contributed by atoms with Crippen LogP contribution in [0.15, 0.2) is 24.3 Å². The Morgan fingerprint density at radius 3 is 2.59 bits per heavy atom. The smallest absolute Gasteiger partial charge is 0.258 e. The van der Waals surface area contributed by atoms with E-state index in [4.69, 9.17) is 4.74 Å². The van der Waals surface area contributed by atoms with Crippen molar-refractivity contribution >= 4 is 5.91 Å². The van der Waals surface area contributed by atoms with Gasteiger partial charge in [-0.3, -0.25) is 4.79 Å². The van der Waals surface area contributed by atoms with Crippen molar-refractivity contribution in [1.82, 2.24) is 5.32 Å². The third-order valence-electron chi connectivity index (χ3n) is 2.90. The van der Waals surface area contributed by atoms with Crippen LogP contribution in [-0.4, -0.2) is 18.6 Å². The van der Waals surface area contributed by atoms with Gasteiger partial charge in [-0.25, -0.2) is 4.39 Å². The number of carbonyl (C=O) groups is 1. The van der Waals surface area contributed by atoms with Gasteiger partial charge in [0.25, 0.3) is 5.91 Å². The zero-order valence-electron chi connectivity index (χ0n) is 9.62. The maximum atomic E-state index is 12.6. The summed E-state index contributed by atoms with van der Waals surface area (Å²) in [7, 11) is 0. The SMILES string of the molecule is O=C(COc1ccc(F)cc1)NC1CCCC1. The Kier molecular flexibility index (Phi) is 3.96. The van der Waals surface area contributed by atoms with Gasteiger partial charge in [-0.05, 0) is 37.1 Å². The molecule has 1 fully saturated rings. The van der Waals surface area contributed by atoms with Gasteiger partial charge in [0.05, 0.1) is 0 Å². The van der Waals surface area contributed by atoms with Gasteiger partial charge in [-0.2, -0.15) is 0 Å². The molecule has 1 aliphatic rings. The molecule has 0 unspecified atom stereocenters. The molecule has 0 heterocycles. The summed E-state index contributed by atoms with van der Waals surface area (Å²) >= 11 is 0. The molecule has 0 aliphatic heterocycles. The molecule has 0 aromatic heterocycles. The summed E-state index contributed by atoms with van der Waals surface area (Å²) in [5.41, 5.74) is 0. The van der Waals surface area contributed by atoms with Gasteiger partial charge >= 0.3 is 0 Å². The topological polar surface area (TPSA) is 38.3 Å². The molecule has 1 aliphatic carbocycles. The van der Waals surface area contributed by atoms with Crippen LogP contribution in [0.3, 0.4) is 0 Å². The molecule has 92 valence electrons. The van der Waals surface area contributed by atoms with E-state index in [-0.39, 0.29) is 18.3 Å². The number of hydrogen-bond acceptors (Lipinski definition) is 2. The molecule has 3 nitrogen and oxygen atoms in total. The maximum Gasteiger partial charge on any atom is 0.258 e. The van der Waals surface area contributed by atoms with E-state index in [2.05, 4.69) is 5.32 Å². The molecule has 1 aromatic rings. The molecule has 0 bridgehead atoms. The van der Waals surface area contributed by atoms with Gasteiger partial charge in [-0.15, -0.1) is 0 Å². The van der Waals surface area contributed by atoms with Crippen molar-refractivity contribution in [3.8, 4) is 5.75 Å². The van der Waals surface area contributed by atoms with E-state index in [1.807, 2.05) is 0 Å². The molecule has 0 radical (unpaired) electrons. The first-order valence-electron chi connectivity index (χ1n) is 5.92. The summed E-state index contributed by atoms with van der Waals surface area (Å²) in [6.45, 7) is -0.0118. The van der Waals surface area contributed by atoms with Crippen LogP contribution in [0.2, 0.25) is 0 Å². The highest BCUT2D eigenvalue weighted by Crippen LogP contribution is 2.17. The molecular weight excluding hydrogens is 221 g/mol. The Morgan fingerprint density at radius 1 is 1.29 bits per heavy atom. The fourth-order valence-electron chi connectivity index (χ4n) is 2.02. The van der Waals surface area contributed by atoms with E-state index >= 15 is 0 Å². The van der Waals surface area contributed by atoms with Crippen molar-refractivity contribution in [2.75, 3.05) is 6.61 Å². The van der Waals surface area contributed by atoms with Crippen molar-refractivity contribution in [2.24, 2.45) is 0 Å². The molecule has 2 rings (SSSR count). The minimum atomic E-state index is -0.312. The fraction of sp³-hybridized carbons (Fsp3) is 0.462. The van der Waals surface area contributed by atoms with E-state index in [9.17, 15) is 9.18 Å². The van der Waals surface area contributed by atoms with Gasteiger partial charge in [0.15, 0.2) is 6.61 Å². The summed E-state index contributed by atoms with van der Waals surface area (Å²) in [6, 6.07) is 5.95. The minimum Gasteiger partial charge on any atom is -0.484 e. The average molecular weight is 237 g/mol. The Bertz CT molecular complexity index is 372. The molecule has 1 saturated carbocycles. The summed E-state index contributed by atoms with van der Waals surface area (Å²) in [6.07, 6.45) is 4.48. The summed E-state index contributed by atoms with van der Waals surface area (Å²) in [5, 5.41) is 2.92. The number of rotatable bonds is 4. The zero-order valence-corrected chi connectivity index (χ0v) is 9.62. The van der Waals surface area contributed by atoms with Crippen molar-refractivity contribution in [3.63, 3.8) is 0 Å². The van der Waals surface area contributed by atoms with E-state index in [1.165, 1.54) is 37.1 Å². The Morgan fingerprint density at radius 2 is 1.94 bits per heavy atom. The highest BCUT2D eigenvalue weighted by Gasteiger charge is 2.17. The van der Waals surface area contributed by atoms with Gasteiger partial charge in [0, 0.05) is 6.04 Å². The lowest BCUT2D eigenvalue weighted by atomic mass is 10.2. The van der Waals surface area contributed by atoms with Gasteiger partial charge in [0.2, 0.25) is 0 Å². The van der Waals surface area contributed by atoms with Crippen molar-refractivity contribution in [3.05, 3.63) is 30.1 Å². The Hall–Kier alpha value is -1.58. The molecule has 1 N–H and O–H groups in total. The molecular formula is C13H16FNO2. The number of carbonyl (C=O) groups excluding carboxylic acids is 1. The predicted octanol–water partition coefficient (Wildman–Crippen LogP) is 2.26. The number of hydrogen-bond donors (Lipinski definition) is 1. The maximum absolute atomic E-state index is 12.6. The molecule has 0 spiro atoms. The predicted molar refractivity (Wildman–Crippen MR) is 62.3 cm³/mol. The van der Waals surface area contributed by atoms with Crippen LogP contribution in [0.4, 0.5) is 4.39 Å². The third kappa shape index (κ3) is 3.73. The van der Waals surface area contributed by atoms with E-state index in [0.717, 1.165) is 12.8 Å². The second kappa shape index (κ2) is 5.66. The van der Waals surface area contributed by atoms with Gasteiger partial charge < -0.3 is 10.1 Å². The molecule has 4 heteroatoms. The number of ether oxygens (including phenoxy) is 1. The number of benzene rings is 1. The summed E-state index contributed by atoms with van der Waals surface area (Å²) in [4.78, 5) is 11.5.